The molecule has 0 bridgehead atoms. The molecule has 1 fully saturated rings. The first-order chi connectivity index (χ1) is 14.3. The van der Waals surface area contributed by atoms with Crippen LogP contribution in [0.3, 0.4) is 0 Å². The molecule has 2 heterocycles. The SMILES string of the molecule is Cc1cc(F)c2c(c1)CCCN2C(=O)c1ccc(Cl)c(S(=O)(=O)N2CCCCC2)c1. The second-order valence-corrected chi connectivity index (χ2v) is 10.2. The molecule has 0 saturated carbocycles. The van der Waals surface area contributed by atoms with Crippen molar-refractivity contribution in [2.24, 2.45) is 0 Å². The molecule has 30 heavy (non-hydrogen) atoms. The van der Waals surface area contributed by atoms with Crippen LogP contribution in [0.5, 0.6) is 0 Å². The molecule has 8 heteroatoms. The smallest absolute Gasteiger partial charge is 0.258 e. The molecule has 0 aliphatic carbocycles. The maximum atomic E-state index is 14.7. The number of carbonyl (C=O) groups is 1. The van der Waals surface area contributed by atoms with Crippen LogP contribution in [0.25, 0.3) is 0 Å². The van der Waals surface area contributed by atoms with Gasteiger partial charge in [0.15, 0.2) is 0 Å². The molecule has 2 aromatic rings. The highest BCUT2D eigenvalue weighted by molar-refractivity contribution is 7.89. The third-order valence-corrected chi connectivity index (χ3v) is 8.12. The van der Waals surface area contributed by atoms with Gasteiger partial charge in [0.2, 0.25) is 10.0 Å². The number of anilines is 1. The largest absolute Gasteiger partial charge is 0.305 e. The van der Waals surface area contributed by atoms with Crippen molar-refractivity contribution >= 4 is 33.2 Å². The van der Waals surface area contributed by atoms with Crippen molar-refractivity contribution in [3.8, 4) is 0 Å². The van der Waals surface area contributed by atoms with Crippen LogP contribution in [-0.4, -0.2) is 38.3 Å². The summed E-state index contributed by atoms with van der Waals surface area (Å²) in [5, 5.41) is 0.0815. The third kappa shape index (κ3) is 3.86. The Hall–Kier alpha value is -1.96. The van der Waals surface area contributed by atoms with E-state index in [2.05, 4.69) is 0 Å². The Labute approximate surface area is 181 Å². The minimum atomic E-state index is -3.80. The Bertz CT molecular complexity index is 1100. The average Bonchev–Trinajstić information content (AvgIpc) is 2.73. The van der Waals surface area contributed by atoms with Crippen LogP contribution in [0.15, 0.2) is 35.2 Å². The van der Waals surface area contributed by atoms with Gasteiger partial charge in [-0.3, -0.25) is 4.79 Å². The second kappa shape index (κ2) is 8.29. The van der Waals surface area contributed by atoms with Gasteiger partial charge in [-0.15, -0.1) is 0 Å². The number of rotatable bonds is 3. The molecular formula is C22H24ClFN2O3S. The number of fused-ring (bicyclic) bond motifs is 1. The standard InChI is InChI=1S/C22H24ClFN2O3S/c1-15-12-16-6-5-11-26(21(16)19(24)13-15)22(27)17-7-8-18(23)20(14-17)30(28,29)25-9-3-2-4-10-25/h7-8,12-14H,2-6,9-11H2,1H3. The van der Waals surface area contributed by atoms with Gasteiger partial charge in [0, 0.05) is 25.2 Å². The van der Waals surface area contributed by atoms with Crippen LogP contribution < -0.4 is 4.90 Å². The normalized spacial score (nSPS) is 17.6. The van der Waals surface area contributed by atoms with Crippen molar-refractivity contribution < 1.29 is 17.6 Å². The molecule has 2 aliphatic heterocycles. The number of benzene rings is 2. The number of sulfonamides is 1. The summed E-state index contributed by atoms with van der Waals surface area (Å²) < 4.78 is 42.3. The predicted octanol–water partition coefficient (Wildman–Crippen LogP) is 4.56. The van der Waals surface area contributed by atoms with Gasteiger partial charge in [-0.2, -0.15) is 4.31 Å². The highest BCUT2D eigenvalue weighted by Crippen LogP contribution is 2.34. The molecule has 0 spiro atoms. The molecule has 0 N–H and O–H groups in total. The molecule has 2 aliphatic rings. The third-order valence-electron chi connectivity index (χ3n) is 5.74. The van der Waals surface area contributed by atoms with Gasteiger partial charge >= 0.3 is 0 Å². The molecule has 4 rings (SSSR count). The minimum absolute atomic E-state index is 0.0708. The van der Waals surface area contributed by atoms with E-state index in [0.717, 1.165) is 30.4 Å². The van der Waals surface area contributed by atoms with E-state index in [-0.39, 0.29) is 21.2 Å². The average molecular weight is 451 g/mol. The first-order valence-electron chi connectivity index (χ1n) is 10.2. The number of amides is 1. The first kappa shape index (κ1) is 21.3. The zero-order valence-electron chi connectivity index (χ0n) is 16.8. The molecule has 5 nitrogen and oxygen atoms in total. The summed E-state index contributed by atoms with van der Waals surface area (Å²) in [6.45, 7) is 3.09. The number of aryl methyl sites for hydroxylation is 2. The fourth-order valence-electron chi connectivity index (χ4n) is 4.28. The summed E-state index contributed by atoms with van der Waals surface area (Å²) in [4.78, 5) is 14.6. The second-order valence-electron chi connectivity index (χ2n) is 7.92. The van der Waals surface area contributed by atoms with Gasteiger partial charge < -0.3 is 4.90 Å². The van der Waals surface area contributed by atoms with E-state index in [4.69, 9.17) is 11.6 Å². The van der Waals surface area contributed by atoms with E-state index in [1.54, 1.807) is 0 Å². The molecular weight excluding hydrogens is 427 g/mol. The van der Waals surface area contributed by atoms with Crippen molar-refractivity contribution in [3.63, 3.8) is 0 Å². The molecule has 2 aromatic carbocycles. The maximum Gasteiger partial charge on any atom is 0.258 e. The Balaban J connectivity index is 1.71. The number of nitrogens with zero attached hydrogens (tertiary/aromatic N) is 2. The summed E-state index contributed by atoms with van der Waals surface area (Å²) in [7, 11) is -3.80. The number of carbonyl (C=O) groups excluding carboxylic acids is 1. The lowest BCUT2D eigenvalue weighted by molar-refractivity contribution is 0.0984. The van der Waals surface area contributed by atoms with Gasteiger partial charge in [-0.25, -0.2) is 12.8 Å². The van der Waals surface area contributed by atoms with Gasteiger partial charge in [0.05, 0.1) is 10.7 Å². The number of piperidine rings is 1. The van der Waals surface area contributed by atoms with E-state index in [1.165, 1.54) is 33.5 Å². The predicted molar refractivity (Wildman–Crippen MR) is 115 cm³/mol. The molecule has 160 valence electrons. The summed E-state index contributed by atoms with van der Waals surface area (Å²) in [6.07, 6.45) is 4.02. The summed E-state index contributed by atoms with van der Waals surface area (Å²) >= 11 is 6.22. The van der Waals surface area contributed by atoms with E-state index in [1.807, 2.05) is 13.0 Å². The highest BCUT2D eigenvalue weighted by atomic mass is 35.5. The van der Waals surface area contributed by atoms with E-state index in [9.17, 15) is 17.6 Å². The Morgan fingerprint density at radius 2 is 1.77 bits per heavy atom. The molecule has 0 radical (unpaired) electrons. The Kier molecular flexibility index (Phi) is 5.88. The van der Waals surface area contributed by atoms with E-state index < -0.39 is 21.7 Å². The van der Waals surface area contributed by atoms with Crippen LogP contribution >= 0.6 is 11.6 Å². The van der Waals surface area contributed by atoms with Crippen LogP contribution in [0, 0.1) is 12.7 Å². The minimum Gasteiger partial charge on any atom is -0.305 e. The van der Waals surface area contributed by atoms with Crippen molar-refractivity contribution in [3.05, 3.63) is 57.9 Å². The lowest BCUT2D eigenvalue weighted by Gasteiger charge is -2.30. The van der Waals surface area contributed by atoms with Crippen LogP contribution in [0.2, 0.25) is 5.02 Å². The summed E-state index contributed by atoms with van der Waals surface area (Å²) in [5.41, 5.74) is 2.07. The number of halogens is 2. The van der Waals surface area contributed by atoms with Crippen molar-refractivity contribution in [2.45, 2.75) is 43.9 Å². The van der Waals surface area contributed by atoms with Crippen LogP contribution in [0.4, 0.5) is 10.1 Å². The number of hydrogen-bond acceptors (Lipinski definition) is 3. The van der Waals surface area contributed by atoms with Crippen molar-refractivity contribution in [1.29, 1.82) is 0 Å². The van der Waals surface area contributed by atoms with Crippen LogP contribution in [-0.2, 0) is 16.4 Å². The lowest BCUT2D eigenvalue weighted by atomic mass is 9.98. The molecule has 0 aromatic heterocycles. The Morgan fingerprint density at radius 3 is 2.50 bits per heavy atom. The summed E-state index contributed by atoms with van der Waals surface area (Å²) in [6, 6.07) is 7.57. The van der Waals surface area contributed by atoms with E-state index >= 15 is 0 Å². The first-order valence-corrected chi connectivity index (χ1v) is 12.0. The quantitative estimate of drug-likeness (QED) is 0.689. The van der Waals surface area contributed by atoms with Crippen molar-refractivity contribution in [2.75, 3.05) is 24.5 Å². The fourth-order valence-corrected chi connectivity index (χ4v) is 6.29. The highest BCUT2D eigenvalue weighted by Gasteiger charge is 2.31. The fraction of sp³-hybridized carbons (Fsp3) is 0.409. The zero-order chi connectivity index (χ0) is 21.5. The topological polar surface area (TPSA) is 57.7 Å². The maximum absolute atomic E-state index is 14.7. The number of hydrogen-bond donors (Lipinski definition) is 0. The lowest BCUT2D eigenvalue weighted by Crippen LogP contribution is -2.37. The van der Waals surface area contributed by atoms with Gasteiger partial charge in [0.25, 0.3) is 5.91 Å². The molecule has 1 saturated heterocycles. The van der Waals surface area contributed by atoms with Gasteiger partial charge in [-0.1, -0.05) is 24.1 Å². The Morgan fingerprint density at radius 1 is 1.03 bits per heavy atom. The van der Waals surface area contributed by atoms with Crippen molar-refractivity contribution in [1.82, 2.24) is 4.31 Å². The van der Waals surface area contributed by atoms with Gasteiger partial charge in [-0.05, 0) is 68.0 Å². The molecule has 1 amide bonds. The van der Waals surface area contributed by atoms with E-state index in [0.29, 0.717) is 32.5 Å². The summed E-state index contributed by atoms with van der Waals surface area (Å²) in [5.74, 6) is -0.862. The monoisotopic (exact) mass is 450 g/mol. The molecule has 0 unspecified atom stereocenters. The van der Waals surface area contributed by atoms with Gasteiger partial charge in [0.1, 0.15) is 10.7 Å². The van der Waals surface area contributed by atoms with Crippen LogP contribution in [0.1, 0.15) is 47.2 Å². The molecule has 0 atom stereocenters. The zero-order valence-corrected chi connectivity index (χ0v) is 18.4.